The molecule has 0 spiro atoms. The van der Waals surface area contributed by atoms with Crippen molar-refractivity contribution in [3.8, 4) is 5.75 Å². The Kier molecular flexibility index (Phi) is 4.07. The minimum absolute atomic E-state index is 0.00260. The average molecular weight is 366 g/mol. The third kappa shape index (κ3) is 2.88. The number of nitrogens with zero attached hydrogens (tertiary/aromatic N) is 1. The summed E-state index contributed by atoms with van der Waals surface area (Å²) in [7, 11) is -3.90. The molecule has 0 radical (unpaired) electrons. The Hall–Kier alpha value is -2.75. The highest BCUT2D eigenvalue weighted by Crippen LogP contribution is 2.34. The van der Waals surface area contributed by atoms with E-state index in [-0.39, 0.29) is 35.5 Å². The molecule has 10 heteroatoms. The molecule has 0 bridgehead atoms. The average Bonchev–Trinajstić information content (AvgIpc) is 2.80. The van der Waals surface area contributed by atoms with Gasteiger partial charge in [-0.2, -0.15) is 8.42 Å². The third-order valence-corrected chi connectivity index (χ3v) is 5.14. The molecule has 1 aromatic carbocycles. The monoisotopic (exact) mass is 366 g/mol. The van der Waals surface area contributed by atoms with Gasteiger partial charge in [-0.3, -0.25) is 29.4 Å². The maximum atomic E-state index is 12.7. The highest BCUT2D eigenvalue weighted by molar-refractivity contribution is 7.87. The van der Waals surface area contributed by atoms with Crippen molar-refractivity contribution >= 4 is 33.7 Å². The lowest BCUT2D eigenvalue weighted by molar-refractivity contribution is -0.136. The summed E-state index contributed by atoms with van der Waals surface area (Å²) in [4.78, 5) is 49.2. The second kappa shape index (κ2) is 5.96. The first-order valence-corrected chi connectivity index (χ1v) is 9.09. The lowest BCUT2D eigenvalue weighted by atomic mass is 10.0. The molecule has 1 atom stereocenters. The summed E-state index contributed by atoms with van der Waals surface area (Å²) in [6, 6.07) is 2.89. The number of imide groups is 2. The lowest BCUT2D eigenvalue weighted by Crippen LogP contribution is -2.54. The molecular weight excluding hydrogens is 352 g/mol. The van der Waals surface area contributed by atoms with E-state index in [1.807, 2.05) is 0 Å². The maximum Gasteiger partial charge on any atom is 0.308 e. The van der Waals surface area contributed by atoms with E-state index in [2.05, 4.69) is 5.32 Å². The standard InChI is InChI=1S/C15H14N2O7S/c1-2-25(22,23)24-10-5-3-4-8-12(10)15(21)17(14(8)20)9-6-7-11(18)16-13(9)19/h3-5,9H,2,6-7H2,1H3,(H,16,18,19). The van der Waals surface area contributed by atoms with Crippen molar-refractivity contribution in [2.24, 2.45) is 0 Å². The molecule has 1 saturated heterocycles. The van der Waals surface area contributed by atoms with Crippen molar-refractivity contribution in [1.29, 1.82) is 0 Å². The van der Waals surface area contributed by atoms with Gasteiger partial charge in [0.1, 0.15) is 6.04 Å². The van der Waals surface area contributed by atoms with Crippen LogP contribution in [0.25, 0.3) is 0 Å². The lowest BCUT2D eigenvalue weighted by Gasteiger charge is -2.27. The highest BCUT2D eigenvalue weighted by Gasteiger charge is 2.46. The third-order valence-electron chi connectivity index (χ3n) is 4.00. The van der Waals surface area contributed by atoms with Gasteiger partial charge in [0.15, 0.2) is 5.75 Å². The smallest absolute Gasteiger partial charge is 0.308 e. The largest absolute Gasteiger partial charge is 0.382 e. The Morgan fingerprint density at radius 2 is 1.92 bits per heavy atom. The first kappa shape index (κ1) is 17.1. The zero-order valence-electron chi connectivity index (χ0n) is 13.1. The maximum absolute atomic E-state index is 12.7. The number of carbonyl (C=O) groups is 4. The fourth-order valence-corrected chi connectivity index (χ4v) is 3.28. The van der Waals surface area contributed by atoms with Crippen LogP contribution in [-0.2, 0) is 19.7 Å². The van der Waals surface area contributed by atoms with Crippen LogP contribution in [-0.4, -0.2) is 48.7 Å². The Morgan fingerprint density at radius 1 is 1.20 bits per heavy atom. The van der Waals surface area contributed by atoms with E-state index < -0.39 is 39.8 Å². The van der Waals surface area contributed by atoms with Crippen LogP contribution in [0.3, 0.4) is 0 Å². The van der Waals surface area contributed by atoms with Crippen LogP contribution in [0.5, 0.6) is 5.75 Å². The number of amides is 4. The number of hydrogen-bond acceptors (Lipinski definition) is 7. The Bertz CT molecular complexity index is 906. The van der Waals surface area contributed by atoms with Gasteiger partial charge in [-0.25, -0.2) is 0 Å². The van der Waals surface area contributed by atoms with Crippen LogP contribution in [0.4, 0.5) is 0 Å². The quantitative estimate of drug-likeness (QED) is 0.578. The summed E-state index contributed by atoms with van der Waals surface area (Å²) < 4.78 is 28.3. The molecule has 9 nitrogen and oxygen atoms in total. The minimum Gasteiger partial charge on any atom is -0.382 e. The molecule has 25 heavy (non-hydrogen) atoms. The molecule has 2 heterocycles. The summed E-state index contributed by atoms with van der Waals surface area (Å²) in [5, 5.41) is 2.09. The molecule has 132 valence electrons. The summed E-state index contributed by atoms with van der Waals surface area (Å²) in [6.45, 7) is 1.38. The van der Waals surface area contributed by atoms with Crippen molar-refractivity contribution in [3.05, 3.63) is 29.3 Å². The second-order valence-corrected chi connectivity index (χ2v) is 7.41. The molecule has 3 rings (SSSR count). The summed E-state index contributed by atoms with van der Waals surface area (Å²) in [6.07, 6.45) is 0.0109. The van der Waals surface area contributed by atoms with E-state index in [9.17, 15) is 27.6 Å². The van der Waals surface area contributed by atoms with Crippen LogP contribution in [0.15, 0.2) is 18.2 Å². The molecule has 2 aliphatic rings. The molecule has 0 saturated carbocycles. The number of hydrogen-bond donors (Lipinski definition) is 1. The molecular formula is C15H14N2O7S. The predicted octanol–water partition coefficient (Wildman–Crippen LogP) is -0.184. The number of benzene rings is 1. The van der Waals surface area contributed by atoms with E-state index in [0.29, 0.717) is 0 Å². The minimum atomic E-state index is -3.90. The number of nitrogens with one attached hydrogen (secondary N) is 1. The van der Waals surface area contributed by atoms with Crippen molar-refractivity contribution in [3.63, 3.8) is 0 Å². The van der Waals surface area contributed by atoms with Gasteiger partial charge < -0.3 is 4.18 Å². The van der Waals surface area contributed by atoms with Crippen LogP contribution < -0.4 is 9.50 Å². The fraction of sp³-hybridized carbons (Fsp3) is 0.333. The first-order chi connectivity index (χ1) is 11.7. The Labute approximate surface area is 143 Å². The normalized spacial score (nSPS) is 20.5. The molecule has 4 amide bonds. The van der Waals surface area contributed by atoms with Gasteiger partial charge in [0.25, 0.3) is 11.8 Å². The number of fused-ring (bicyclic) bond motifs is 1. The summed E-state index contributed by atoms with van der Waals surface area (Å²) in [5.74, 6) is -3.33. The molecule has 0 aliphatic carbocycles. The Balaban J connectivity index is 2.00. The highest BCUT2D eigenvalue weighted by atomic mass is 32.2. The van der Waals surface area contributed by atoms with Crippen LogP contribution in [0.2, 0.25) is 0 Å². The first-order valence-electron chi connectivity index (χ1n) is 7.52. The molecule has 2 aliphatic heterocycles. The number of carbonyl (C=O) groups excluding carboxylic acids is 4. The van der Waals surface area contributed by atoms with E-state index in [1.54, 1.807) is 0 Å². The van der Waals surface area contributed by atoms with Gasteiger partial charge in [-0.15, -0.1) is 0 Å². The van der Waals surface area contributed by atoms with E-state index in [1.165, 1.54) is 25.1 Å². The van der Waals surface area contributed by atoms with E-state index in [4.69, 9.17) is 4.18 Å². The summed E-state index contributed by atoms with van der Waals surface area (Å²) >= 11 is 0. The van der Waals surface area contributed by atoms with Crippen molar-refractivity contribution in [1.82, 2.24) is 10.2 Å². The fourth-order valence-electron chi connectivity index (χ4n) is 2.75. The van der Waals surface area contributed by atoms with Crippen LogP contribution in [0, 0.1) is 0 Å². The molecule has 0 aromatic heterocycles. The molecule has 1 N–H and O–H groups in total. The van der Waals surface area contributed by atoms with Gasteiger partial charge in [-0.05, 0) is 25.5 Å². The van der Waals surface area contributed by atoms with Gasteiger partial charge in [-0.1, -0.05) is 6.07 Å². The van der Waals surface area contributed by atoms with Crippen LogP contribution in [0.1, 0.15) is 40.5 Å². The van der Waals surface area contributed by atoms with Gasteiger partial charge >= 0.3 is 10.1 Å². The zero-order valence-corrected chi connectivity index (χ0v) is 14.0. The predicted molar refractivity (Wildman–Crippen MR) is 83.2 cm³/mol. The van der Waals surface area contributed by atoms with Gasteiger partial charge in [0.2, 0.25) is 11.8 Å². The second-order valence-electron chi connectivity index (χ2n) is 5.56. The Morgan fingerprint density at radius 3 is 2.56 bits per heavy atom. The number of rotatable bonds is 4. The van der Waals surface area contributed by atoms with Crippen molar-refractivity contribution < 1.29 is 31.8 Å². The van der Waals surface area contributed by atoms with Crippen LogP contribution >= 0.6 is 0 Å². The number of piperidine rings is 1. The van der Waals surface area contributed by atoms with Crippen molar-refractivity contribution in [2.75, 3.05) is 5.75 Å². The molecule has 1 aromatic rings. The molecule has 1 unspecified atom stereocenters. The van der Waals surface area contributed by atoms with Crippen molar-refractivity contribution in [2.45, 2.75) is 25.8 Å². The van der Waals surface area contributed by atoms with Gasteiger partial charge in [0, 0.05) is 6.42 Å². The van der Waals surface area contributed by atoms with Gasteiger partial charge in [0.05, 0.1) is 16.9 Å². The zero-order chi connectivity index (χ0) is 18.4. The SMILES string of the molecule is CCS(=O)(=O)Oc1cccc2c1C(=O)N(C1CCC(=O)NC1=O)C2=O. The topological polar surface area (TPSA) is 127 Å². The van der Waals surface area contributed by atoms with E-state index in [0.717, 1.165) is 4.90 Å². The molecule has 1 fully saturated rings. The van der Waals surface area contributed by atoms with E-state index >= 15 is 0 Å². The summed E-state index contributed by atoms with van der Waals surface area (Å²) in [5.41, 5.74) is -0.243.